The number of amides is 1. The monoisotopic (exact) mass is 479 g/mol. The lowest BCUT2D eigenvalue weighted by molar-refractivity contribution is 0.0526. The Bertz CT molecular complexity index is 338. The van der Waals surface area contributed by atoms with E-state index in [1.165, 1.54) is 0 Å². The molecule has 0 bridgehead atoms. The molecule has 5 nitrogen and oxygen atoms in total. The average molecular weight is 479 g/mol. The number of ether oxygens (including phenoxy) is 1. The number of nitrogens with one attached hydrogen (secondary N) is 1. The van der Waals surface area contributed by atoms with E-state index in [9.17, 15) is 4.79 Å². The maximum Gasteiger partial charge on any atom is 0.407 e. The predicted molar refractivity (Wildman–Crippen MR) is 91.5 cm³/mol. The zero-order valence-electron chi connectivity index (χ0n) is 11.1. The number of aliphatic imine (C=N–C) groups is 1. The molecule has 0 fully saturated rings. The number of likely N-dealkylation sites (N-methyl/N-ethyl adjacent to an activating group) is 1. The van der Waals surface area contributed by atoms with Crippen LogP contribution in [0.4, 0.5) is 4.79 Å². The van der Waals surface area contributed by atoms with Crippen molar-refractivity contribution >= 4 is 55.1 Å². The lowest BCUT2D eigenvalue weighted by Gasteiger charge is -2.21. The quantitative estimate of drug-likeness (QED) is 0.292. The Morgan fingerprint density at radius 2 is 2.00 bits per heavy atom. The average Bonchev–Trinajstić information content (AvgIpc) is 2.13. The van der Waals surface area contributed by atoms with Crippen molar-refractivity contribution in [1.82, 2.24) is 10.2 Å². The summed E-state index contributed by atoms with van der Waals surface area (Å²) in [6.07, 6.45) is -0.402. The number of alkyl carbamates (subject to hydrolysis) is 1. The topological polar surface area (TPSA) is 53.9 Å². The van der Waals surface area contributed by atoms with Crippen LogP contribution in [0.2, 0.25) is 0 Å². The van der Waals surface area contributed by atoms with Crippen molar-refractivity contribution in [3.63, 3.8) is 0 Å². The zero-order chi connectivity index (χ0) is 14.3. The van der Waals surface area contributed by atoms with Gasteiger partial charge in [0.05, 0.1) is 3.70 Å². The molecule has 0 aromatic carbocycles. The minimum absolute atomic E-state index is 0.402. The first kappa shape index (κ1) is 17.9. The van der Waals surface area contributed by atoms with Gasteiger partial charge in [-0.2, -0.15) is 0 Å². The Hall–Kier alpha value is -0.0600. The first-order valence-electron chi connectivity index (χ1n) is 5.38. The first-order chi connectivity index (χ1) is 8.11. The molecule has 0 aliphatic rings. The summed E-state index contributed by atoms with van der Waals surface area (Å²) in [6.45, 7) is 10.4. The molecule has 104 valence electrons. The molecular formula is C11H19I2N3O2. The van der Waals surface area contributed by atoms with Crippen LogP contribution in [0.1, 0.15) is 20.8 Å². The van der Waals surface area contributed by atoms with Crippen molar-refractivity contribution in [3.05, 3.63) is 10.3 Å². The van der Waals surface area contributed by atoms with E-state index in [-0.39, 0.29) is 0 Å². The van der Waals surface area contributed by atoms with Crippen molar-refractivity contribution in [2.45, 2.75) is 26.4 Å². The fourth-order valence-corrected chi connectivity index (χ4v) is 2.14. The molecule has 0 radical (unpaired) electrons. The smallest absolute Gasteiger partial charge is 0.407 e. The molecule has 0 aromatic heterocycles. The minimum Gasteiger partial charge on any atom is -0.444 e. The third kappa shape index (κ3) is 9.92. The second kappa shape index (κ2) is 8.18. The van der Waals surface area contributed by atoms with Crippen molar-refractivity contribution in [2.75, 3.05) is 20.1 Å². The molecule has 1 amide bonds. The van der Waals surface area contributed by atoms with Gasteiger partial charge in [-0.05, 0) is 66.0 Å². The molecule has 7 heteroatoms. The van der Waals surface area contributed by atoms with E-state index >= 15 is 0 Å². The molecule has 0 saturated carbocycles. The Labute approximate surface area is 136 Å². The van der Waals surface area contributed by atoms with Crippen LogP contribution in [0.25, 0.3) is 0 Å². The molecular weight excluding hydrogens is 460 g/mol. The van der Waals surface area contributed by atoms with Crippen LogP contribution in [0.3, 0.4) is 0 Å². The van der Waals surface area contributed by atoms with Gasteiger partial charge in [0.25, 0.3) is 0 Å². The second-order valence-corrected chi connectivity index (χ2v) is 6.82. The number of halogens is 2. The normalized spacial score (nSPS) is 12.0. The van der Waals surface area contributed by atoms with E-state index in [4.69, 9.17) is 4.74 Å². The molecule has 0 spiro atoms. The standard InChI is InChI=1S/C11H19I2N3O2/c1-8(12)15-9(13)16(5)7-6-14-10(17)18-11(2,3)4/h1,6-7H2,2-5H3,(H,14,17)/b15-9-. The highest BCUT2D eigenvalue weighted by Crippen LogP contribution is 2.08. The van der Waals surface area contributed by atoms with E-state index in [1.54, 1.807) is 0 Å². The highest BCUT2D eigenvalue weighted by Gasteiger charge is 2.15. The molecule has 0 heterocycles. The van der Waals surface area contributed by atoms with Crippen LogP contribution in [-0.2, 0) is 4.74 Å². The second-order valence-electron chi connectivity index (χ2n) is 4.61. The Balaban J connectivity index is 3.98. The lowest BCUT2D eigenvalue weighted by Crippen LogP contribution is -2.37. The third-order valence-electron chi connectivity index (χ3n) is 1.64. The van der Waals surface area contributed by atoms with Gasteiger partial charge < -0.3 is 15.0 Å². The molecule has 18 heavy (non-hydrogen) atoms. The molecule has 0 aliphatic heterocycles. The van der Waals surface area contributed by atoms with Gasteiger partial charge in [-0.3, -0.25) is 0 Å². The van der Waals surface area contributed by atoms with Gasteiger partial charge in [0.15, 0.2) is 3.84 Å². The number of amidine groups is 1. The summed E-state index contributed by atoms with van der Waals surface area (Å²) in [5.41, 5.74) is -0.467. The van der Waals surface area contributed by atoms with E-state index in [0.29, 0.717) is 13.1 Å². The molecule has 0 rings (SSSR count). The summed E-state index contributed by atoms with van der Waals surface area (Å²) in [5, 5.41) is 2.69. The van der Waals surface area contributed by atoms with Crippen LogP contribution in [0.5, 0.6) is 0 Å². The summed E-state index contributed by atoms with van der Waals surface area (Å²) in [6, 6.07) is 0. The maximum atomic E-state index is 11.4. The number of nitrogens with zero attached hydrogens (tertiary/aromatic N) is 2. The van der Waals surface area contributed by atoms with Gasteiger partial charge in [-0.15, -0.1) is 0 Å². The zero-order valence-corrected chi connectivity index (χ0v) is 15.4. The SMILES string of the molecule is C=C(I)/N=C(/I)N(C)CCNC(=O)OC(C)(C)C. The number of hydrogen-bond donors (Lipinski definition) is 1. The minimum atomic E-state index is -0.467. The molecule has 0 unspecified atom stereocenters. The van der Waals surface area contributed by atoms with Gasteiger partial charge in [0.2, 0.25) is 0 Å². The highest BCUT2D eigenvalue weighted by molar-refractivity contribution is 14.1. The van der Waals surface area contributed by atoms with Crippen LogP contribution >= 0.6 is 45.2 Å². The van der Waals surface area contributed by atoms with Crippen LogP contribution < -0.4 is 5.32 Å². The van der Waals surface area contributed by atoms with E-state index in [2.05, 4.69) is 62.1 Å². The highest BCUT2D eigenvalue weighted by atomic mass is 127. The predicted octanol–water partition coefficient (Wildman–Crippen LogP) is 3.14. The van der Waals surface area contributed by atoms with Crippen LogP contribution in [0.15, 0.2) is 15.3 Å². The summed E-state index contributed by atoms with van der Waals surface area (Å²) in [4.78, 5) is 17.5. The molecule has 0 atom stereocenters. The summed E-state index contributed by atoms with van der Waals surface area (Å²) in [7, 11) is 1.90. The molecule has 0 aromatic rings. The largest absolute Gasteiger partial charge is 0.444 e. The molecule has 1 N–H and O–H groups in total. The van der Waals surface area contributed by atoms with E-state index in [0.717, 1.165) is 7.55 Å². The molecule has 0 saturated heterocycles. The van der Waals surface area contributed by atoms with Gasteiger partial charge in [-0.25, -0.2) is 9.79 Å². The summed E-state index contributed by atoms with van der Waals surface area (Å²) >= 11 is 4.18. The molecule has 0 aliphatic carbocycles. The number of hydrogen-bond acceptors (Lipinski definition) is 3. The van der Waals surface area contributed by atoms with Crippen molar-refractivity contribution in [1.29, 1.82) is 0 Å². The summed E-state index contributed by atoms with van der Waals surface area (Å²) < 4.78 is 6.69. The Morgan fingerprint density at radius 1 is 1.44 bits per heavy atom. The van der Waals surface area contributed by atoms with Crippen LogP contribution in [-0.4, -0.2) is 40.6 Å². The van der Waals surface area contributed by atoms with Crippen molar-refractivity contribution in [3.8, 4) is 0 Å². The number of carbonyl (C=O) groups is 1. The lowest BCUT2D eigenvalue weighted by atomic mass is 10.2. The van der Waals surface area contributed by atoms with Gasteiger partial charge in [0.1, 0.15) is 5.60 Å². The van der Waals surface area contributed by atoms with Gasteiger partial charge in [-0.1, -0.05) is 6.58 Å². The fraction of sp³-hybridized carbons (Fsp3) is 0.636. The maximum absolute atomic E-state index is 11.4. The van der Waals surface area contributed by atoms with E-state index < -0.39 is 11.7 Å². The Kier molecular flexibility index (Phi) is 8.15. The van der Waals surface area contributed by atoms with Gasteiger partial charge in [0, 0.05) is 20.1 Å². The Morgan fingerprint density at radius 3 is 2.44 bits per heavy atom. The van der Waals surface area contributed by atoms with Crippen molar-refractivity contribution < 1.29 is 9.53 Å². The van der Waals surface area contributed by atoms with Gasteiger partial charge >= 0.3 is 6.09 Å². The third-order valence-corrected chi connectivity index (χ3v) is 2.95. The van der Waals surface area contributed by atoms with E-state index in [1.807, 2.05) is 32.7 Å². The van der Waals surface area contributed by atoms with Crippen LogP contribution in [0, 0.1) is 0 Å². The number of rotatable bonds is 4. The number of carbonyl (C=O) groups excluding carboxylic acids is 1. The van der Waals surface area contributed by atoms with Crippen molar-refractivity contribution in [2.24, 2.45) is 4.99 Å². The summed E-state index contributed by atoms with van der Waals surface area (Å²) in [5.74, 6) is 0. The first-order valence-corrected chi connectivity index (χ1v) is 7.54. The fourth-order valence-electron chi connectivity index (χ4n) is 0.918.